The van der Waals surface area contributed by atoms with Gasteiger partial charge in [-0.1, -0.05) is 44.2 Å². The van der Waals surface area contributed by atoms with Gasteiger partial charge in [0, 0.05) is 18.1 Å². The Hall–Kier alpha value is -1.00. The van der Waals surface area contributed by atoms with Crippen molar-refractivity contribution in [2.75, 3.05) is 18.1 Å². The van der Waals surface area contributed by atoms with Crippen LogP contribution in [-0.4, -0.2) is 30.0 Å². The molecule has 1 saturated heterocycles. The minimum atomic E-state index is -0.0521. The molecule has 3 nitrogen and oxygen atoms in total. The minimum Gasteiger partial charge on any atom is -0.348 e. The van der Waals surface area contributed by atoms with Gasteiger partial charge in [-0.25, -0.2) is 0 Å². The van der Waals surface area contributed by atoms with E-state index in [-0.39, 0.29) is 18.0 Å². The second kappa shape index (κ2) is 6.96. The number of nitrogens with one attached hydrogen (secondary N) is 2. The molecule has 0 aliphatic carbocycles. The van der Waals surface area contributed by atoms with E-state index in [1.807, 2.05) is 30.0 Å². The zero-order valence-corrected chi connectivity index (χ0v) is 12.4. The molecule has 2 unspecified atom stereocenters. The Bertz CT molecular complexity index is 402. The summed E-state index contributed by atoms with van der Waals surface area (Å²) in [6.07, 6.45) is 0. The molecule has 1 heterocycles. The van der Waals surface area contributed by atoms with Crippen LogP contribution in [-0.2, 0) is 4.79 Å². The van der Waals surface area contributed by atoms with Crippen LogP contribution >= 0.6 is 11.8 Å². The average molecular weight is 278 g/mol. The Labute approximate surface area is 119 Å². The van der Waals surface area contributed by atoms with Crippen molar-refractivity contribution in [2.24, 2.45) is 5.92 Å². The van der Waals surface area contributed by atoms with E-state index in [4.69, 9.17) is 0 Å². The van der Waals surface area contributed by atoms with Crippen LogP contribution in [0.5, 0.6) is 0 Å². The molecule has 2 rings (SSSR count). The summed E-state index contributed by atoms with van der Waals surface area (Å²) >= 11 is 1.84. The standard InChI is InChI=1S/C15H22N2OS/c1-11(2)14(12-6-4-3-5-7-12)17-15(18)13-10-19-9-8-16-13/h3-7,11,13-14,16H,8-10H2,1-2H3,(H,17,18). The Kier molecular flexibility index (Phi) is 5.28. The largest absolute Gasteiger partial charge is 0.348 e. The molecule has 104 valence electrons. The van der Waals surface area contributed by atoms with Gasteiger partial charge in [0.15, 0.2) is 0 Å². The number of thioether (sulfide) groups is 1. The van der Waals surface area contributed by atoms with Crippen LogP contribution in [0.25, 0.3) is 0 Å². The Balaban J connectivity index is 2.02. The maximum absolute atomic E-state index is 12.3. The summed E-state index contributed by atoms with van der Waals surface area (Å²) in [6, 6.07) is 10.2. The van der Waals surface area contributed by atoms with Crippen molar-refractivity contribution >= 4 is 17.7 Å². The van der Waals surface area contributed by atoms with Crippen LogP contribution in [0.15, 0.2) is 30.3 Å². The monoisotopic (exact) mass is 278 g/mol. The van der Waals surface area contributed by atoms with Crippen LogP contribution in [0, 0.1) is 5.92 Å². The topological polar surface area (TPSA) is 41.1 Å². The van der Waals surface area contributed by atoms with E-state index in [1.165, 1.54) is 5.56 Å². The van der Waals surface area contributed by atoms with Gasteiger partial charge in [0.25, 0.3) is 0 Å². The molecule has 1 aromatic rings. The molecule has 2 N–H and O–H groups in total. The number of carbonyl (C=O) groups excluding carboxylic acids is 1. The molecule has 0 saturated carbocycles. The number of carbonyl (C=O) groups is 1. The number of hydrogen-bond acceptors (Lipinski definition) is 3. The molecular weight excluding hydrogens is 256 g/mol. The van der Waals surface area contributed by atoms with Crippen LogP contribution in [0.1, 0.15) is 25.5 Å². The van der Waals surface area contributed by atoms with Crippen LogP contribution in [0.2, 0.25) is 0 Å². The average Bonchev–Trinajstić information content (AvgIpc) is 2.46. The van der Waals surface area contributed by atoms with Gasteiger partial charge in [0.1, 0.15) is 0 Å². The second-order valence-corrected chi connectivity index (χ2v) is 6.37. The zero-order chi connectivity index (χ0) is 13.7. The lowest BCUT2D eigenvalue weighted by Gasteiger charge is -2.28. The first kappa shape index (κ1) is 14.4. The van der Waals surface area contributed by atoms with E-state index in [2.05, 4.69) is 36.6 Å². The minimum absolute atomic E-state index is 0.0521. The van der Waals surface area contributed by atoms with Crippen molar-refractivity contribution in [3.8, 4) is 0 Å². The molecule has 0 bridgehead atoms. The first-order valence-corrected chi connectivity index (χ1v) is 8.00. The quantitative estimate of drug-likeness (QED) is 0.887. The molecule has 1 aliphatic rings. The summed E-state index contributed by atoms with van der Waals surface area (Å²) in [5, 5.41) is 6.47. The van der Waals surface area contributed by atoms with Crippen LogP contribution in [0.3, 0.4) is 0 Å². The molecule has 1 amide bonds. The van der Waals surface area contributed by atoms with Crippen molar-refractivity contribution in [3.63, 3.8) is 0 Å². The highest BCUT2D eigenvalue weighted by Crippen LogP contribution is 2.21. The third-order valence-electron chi connectivity index (χ3n) is 3.36. The highest BCUT2D eigenvalue weighted by atomic mass is 32.2. The van der Waals surface area contributed by atoms with E-state index >= 15 is 0 Å². The summed E-state index contributed by atoms with van der Waals surface area (Å²) in [7, 11) is 0. The maximum Gasteiger partial charge on any atom is 0.238 e. The highest BCUT2D eigenvalue weighted by Gasteiger charge is 2.25. The fourth-order valence-corrected chi connectivity index (χ4v) is 3.22. The molecule has 0 aromatic heterocycles. The lowest BCUT2D eigenvalue weighted by Crippen LogP contribution is -2.50. The number of amides is 1. The van der Waals surface area contributed by atoms with Gasteiger partial charge in [0.05, 0.1) is 12.1 Å². The highest BCUT2D eigenvalue weighted by molar-refractivity contribution is 7.99. The SMILES string of the molecule is CC(C)C(NC(=O)C1CSCCN1)c1ccccc1. The number of hydrogen-bond donors (Lipinski definition) is 2. The van der Waals surface area contributed by atoms with E-state index in [9.17, 15) is 4.79 Å². The predicted molar refractivity (Wildman–Crippen MR) is 81.3 cm³/mol. The van der Waals surface area contributed by atoms with Crippen molar-refractivity contribution in [2.45, 2.75) is 25.9 Å². The summed E-state index contributed by atoms with van der Waals surface area (Å²) in [5.74, 6) is 2.46. The van der Waals surface area contributed by atoms with Crippen LogP contribution in [0.4, 0.5) is 0 Å². The fraction of sp³-hybridized carbons (Fsp3) is 0.533. The lowest BCUT2D eigenvalue weighted by atomic mass is 9.96. The summed E-state index contributed by atoms with van der Waals surface area (Å²) < 4.78 is 0. The normalized spacial score (nSPS) is 21.1. The van der Waals surface area contributed by atoms with Gasteiger partial charge in [0.2, 0.25) is 5.91 Å². The number of rotatable bonds is 4. The molecule has 0 radical (unpaired) electrons. The molecule has 4 heteroatoms. The molecule has 0 spiro atoms. The van der Waals surface area contributed by atoms with Gasteiger partial charge in [-0.15, -0.1) is 0 Å². The first-order valence-electron chi connectivity index (χ1n) is 6.85. The third kappa shape index (κ3) is 3.98. The van der Waals surface area contributed by atoms with Gasteiger partial charge in [-0.3, -0.25) is 4.79 Å². The Morgan fingerprint density at radius 2 is 2.11 bits per heavy atom. The summed E-state index contributed by atoms with van der Waals surface area (Å²) in [6.45, 7) is 5.20. The Morgan fingerprint density at radius 3 is 2.68 bits per heavy atom. The van der Waals surface area contributed by atoms with Crippen molar-refractivity contribution < 1.29 is 4.79 Å². The zero-order valence-electron chi connectivity index (χ0n) is 11.6. The molecule has 19 heavy (non-hydrogen) atoms. The van der Waals surface area contributed by atoms with Gasteiger partial charge < -0.3 is 10.6 Å². The number of benzene rings is 1. The third-order valence-corrected chi connectivity index (χ3v) is 4.42. The van der Waals surface area contributed by atoms with Gasteiger partial charge in [-0.2, -0.15) is 11.8 Å². The molecule has 2 atom stereocenters. The van der Waals surface area contributed by atoms with Gasteiger partial charge in [-0.05, 0) is 11.5 Å². The lowest BCUT2D eigenvalue weighted by molar-refractivity contribution is -0.123. The van der Waals surface area contributed by atoms with E-state index in [0.717, 1.165) is 18.1 Å². The molecule has 1 aromatic carbocycles. The van der Waals surface area contributed by atoms with E-state index in [1.54, 1.807) is 0 Å². The maximum atomic E-state index is 12.3. The summed E-state index contributed by atoms with van der Waals surface area (Å²) in [4.78, 5) is 12.3. The first-order chi connectivity index (χ1) is 9.18. The summed E-state index contributed by atoms with van der Waals surface area (Å²) in [5.41, 5.74) is 1.18. The van der Waals surface area contributed by atoms with E-state index < -0.39 is 0 Å². The van der Waals surface area contributed by atoms with Crippen molar-refractivity contribution in [1.82, 2.24) is 10.6 Å². The second-order valence-electron chi connectivity index (χ2n) is 5.22. The smallest absolute Gasteiger partial charge is 0.238 e. The van der Waals surface area contributed by atoms with Crippen molar-refractivity contribution in [3.05, 3.63) is 35.9 Å². The molecule has 1 fully saturated rings. The fourth-order valence-electron chi connectivity index (χ4n) is 2.28. The van der Waals surface area contributed by atoms with Crippen LogP contribution < -0.4 is 10.6 Å². The van der Waals surface area contributed by atoms with E-state index in [0.29, 0.717) is 5.92 Å². The van der Waals surface area contributed by atoms with Gasteiger partial charge >= 0.3 is 0 Å². The Morgan fingerprint density at radius 1 is 1.37 bits per heavy atom. The van der Waals surface area contributed by atoms with Crippen molar-refractivity contribution in [1.29, 1.82) is 0 Å². The molecular formula is C15H22N2OS. The molecule has 1 aliphatic heterocycles. The predicted octanol–water partition coefficient (Wildman–Crippen LogP) is 2.20.